The number of nitrogens with zero attached hydrogens (tertiary/aromatic N) is 4. The number of anilines is 1. The Labute approximate surface area is 94.1 Å². The molecular formula is C11H15N5. The minimum Gasteiger partial charge on any atom is -0.352 e. The topological polar surface area (TPSA) is 45.5 Å². The van der Waals surface area contributed by atoms with Crippen LogP contribution < -0.4 is 10.2 Å². The zero-order chi connectivity index (χ0) is 11.0. The first-order valence-corrected chi connectivity index (χ1v) is 5.61. The lowest BCUT2D eigenvalue weighted by Gasteiger charge is -2.32. The molecule has 0 saturated carbocycles. The SMILES string of the molecule is C[C@@H]1CN(c2nccn3nccc23)CCN1. The lowest BCUT2D eigenvalue weighted by molar-refractivity contribution is 0.482. The van der Waals surface area contributed by atoms with Gasteiger partial charge in [-0.05, 0) is 13.0 Å². The van der Waals surface area contributed by atoms with Crippen LogP contribution in [0.4, 0.5) is 5.82 Å². The normalized spacial score (nSPS) is 21.6. The van der Waals surface area contributed by atoms with E-state index < -0.39 is 0 Å². The molecular weight excluding hydrogens is 202 g/mol. The standard InChI is InChI=1S/C11H15N5/c1-9-8-15(6-4-12-9)11-10-2-3-14-16(10)7-5-13-11/h2-3,5,7,9,12H,4,6,8H2,1H3/t9-/m1/s1. The van der Waals surface area contributed by atoms with Gasteiger partial charge in [0, 0.05) is 38.1 Å². The molecule has 84 valence electrons. The van der Waals surface area contributed by atoms with E-state index in [4.69, 9.17) is 0 Å². The highest BCUT2D eigenvalue weighted by Crippen LogP contribution is 2.18. The monoisotopic (exact) mass is 217 g/mol. The van der Waals surface area contributed by atoms with Crippen LogP contribution in [-0.4, -0.2) is 40.3 Å². The maximum Gasteiger partial charge on any atom is 0.154 e. The van der Waals surface area contributed by atoms with Gasteiger partial charge >= 0.3 is 0 Å². The van der Waals surface area contributed by atoms with E-state index >= 15 is 0 Å². The van der Waals surface area contributed by atoms with Crippen LogP contribution in [0.1, 0.15) is 6.92 Å². The van der Waals surface area contributed by atoms with Crippen LogP contribution in [0.3, 0.4) is 0 Å². The molecule has 3 rings (SSSR count). The van der Waals surface area contributed by atoms with Gasteiger partial charge in [-0.15, -0.1) is 0 Å². The Bertz CT molecular complexity index is 492. The lowest BCUT2D eigenvalue weighted by atomic mass is 10.2. The average molecular weight is 217 g/mol. The van der Waals surface area contributed by atoms with Crippen LogP contribution in [0.25, 0.3) is 5.52 Å². The molecule has 1 aliphatic heterocycles. The molecule has 16 heavy (non-hydrogen) atoms. The van der Waals surface area contributed by atoms with Gasteiger partial charge in [-0.1, -0.05) is 0 Å². The van der Waals surface area contributed by atoms with Gasteiger partial charge in [-0.2, -0.15) is 5.10 Å². The summed E-state index contributed by atoms with van der Waals surface area (Å²) in [6, 6.07) is 2.52. The van der Waals surface area contributed by atoms with Crippen molar-refractivity contribution in [2.45, 2.75) is 13.0 Å². The number of nitrogens with one attached hydrogen (secondary N) is 1. The molecule has 0 aliphatic carbocycles. The van der Waals surface area contributed by atoms with E-state index in [-0.39, 0.29) is 0 Å². The number of rotatable bonds is 1. The molecule has 0 amide bonds. The second kappa shape index (κ2) is 3.75. The molecule has 5 heteroatoms. The minimum absolute atomic E-state index is 0.513. The van der Waals surface area contributed by atoms with Crippen molar-refractivity contribution in [2.75, 3.05) is 24.5 Å². The molecule has 0 bridgehead atoms. The summed E-state index contributed by atoms with van der Waals surface area (Å²) in [6.07, 6.45) is 5.50. The molecule has 1 atom stereocenters. The molecule has 2 aromatic rings. The zero-order valence-electron chi connectivity index (χ0n) is 9.30. The number of fused-ring (bicyclic) bond motifs is 1. The molecule has 0 aromatic carbocycles. The highest BCUT2D eigenvalue weighted by molar-refractivity contribution is 5.68. The fraction of sp³-hybridized carbons (Fsp3) is 0.455. The van der Waals surface area contributed by atoms with E-state index in [1.165, 1.54) is 0 Å². The summed E-state index contributed by atoms with van der Waals surface area (Å²) in [4.78, 5) is 6.79. The Kier molecular flexibility index (Phi) is 2.25. The summed E-state index contributed by atoms with van der Waals surface area (Å²) in [6.45, 7) is 5.21. The number of piperazine rings is 1. The number of hydrogen-bond acceptors (Lipinski definition) is 4. The van der Waals surface area contributed by atoms with Gasteiger partial charge in [0.15, 0.2) is 5.82 Å². The molecule has 0 radical (unpaired) electrons. The van der Waals surface area contributed by atoms with Crippen LogP contribution >= 0.6 is 0 Å². The molecule has 5 nitrogen and oxygen atoms in total. The predicted octanol–water partition coefficient (Wildman–Crippen LogP) is 0.527. The van der Waals surface area contributed by atoms with Gasteiger partial charge in [0.05, 0.1) is 6.20 Å². The Morgan fingerprint density at radius 1 is 1.44 bits per heavy atom. The molecule has 1 aliphatic rings. The smallest absolute Gasteiger partial charge is 0.154 e. The summed E-state index contributed by atoms with van der Waals surface area (Å²) in [7, 11) is 0. The van der Waals surface area contributed by atoms with Crippen LogP contribution in [-0.2, 0) is 0 Å². The first-order chi connectivity index (χ1) is 7.84. The maximum absolute atomic E-state index is 4.47. The highest BCUT2D eigenvalue weighted by Gasteiger charge is 2.18. The molecule has 2 aromatic heterocycles. The largest absolute Gasteiger partial charge is 0.352 e. The minimum atomic E-state index is 0.513. The van der Waals surface area contributed by atoms with Crippen molar-refractivity contribution in [2.24, 2.45) is 0 Å². The molecule has 1 fully saturated rings. The van der Waals surface area contributed by atoms with E-state index in [0.717, 1.165) is 31.0 Å². The van der Waals surface area contributed by atoms with Crippen LogP contribution in [0.15, 0.2) is 24.7 Å². The van der Waals surface area contributed by atoms with E-state index in [1.54, 1.807) is 0 Å². The summed E-state index contributed by atoms with van der Waals surface area (Å²) < 4.78 is 1.87. The summed E-state index contributed by atoms with van der Waals surface area (Å²) >= 11 is 0. The molecule has 1 saturated heterocycles. The van der Waals surface area contributed by atoms with E-state index in [9.17, 15) is 0 Å². The summed E-state index contributed by atoms with van der Waals surface area (Å²) in [5.41, 5.74) is 1.08. The second-order valence-corrected chi connectivity index (χ2v) is 4.21. The Morgan fingerprint density at radius 3 is 3.25 bits per heavy atom. The third-order valence-electron chi connectivity index (χ3n) is 2.97. The van der Waals surface area contributed by atoms with Gasteiger partial charge in [-0.25, -0.2) is 9.50 Å². The van der Waals surface area contributed by atoms with Gasteiger partial charge in [0.25, 0.3) is 0 Å². The highest BCUT2D eigenvalue weighted by atomic mass is 15.3. The number of aromatic nitrogens is 3. The summed E-state index contributed by atoms with van der Waals surface area (Å²) in [5, 5.41) is 7.66. The maximum atomic E-state index is 4.47. The van der Waals surface area contributed by atoms with Gasteiger partial charge in [0.2, 0.25) is 0 Å². The van der Waals surface area contributed by atoms with Crippen molar-refractivity contribution in [1.29, 1.82) is 0 Å². The zero-order valence-corrected chi connectivity index (χ0v) is 9.30. The molecule has 0 unspecified atom stereocenters. The molecule has 1 N–H and O–H groups in total. The van der Waals surface area contributed by atoms with Gasteiger partial charge in [0.1, 0.15) is 5.52 Å². The van der Waals surface area contributed by atoms with E-state index in [1.807, 2.05) is 29.2 Å². The molecule has 3 heterocycles. The summed E-state index contributed by atoms with van der Waals surface area (Å²) in [5.74, 6) is 1.04. The fourth-order valence-corrected chi connectivity index (χ4v) is 2.21. The van der Waals surface area contributed by atoms with E-state index in [0.29, 0.717) is 6.04 Å². The Morgan fingerprint density at radius 2 is 2.38 bits per heavy atom. The van der Waals surface area contributed by atoms with Crippen LogP contribution in [0, 0.1) is 0 Å². The van der Waals surface area contributed by atoms with Crippen molar-refractivity contribution in [3.05, 3.63) is 24.7 Å². The second-order valence-electron chi connectivity index (χ2n) is 4.21. The predicted molar refractivity (Wildman–Crippen MR) is 62.7 cm³/mol. The first kappa shape index (κ1) is 9.59. The van der Waals surface area contributed by atoms with Crippen molar-refractivity contribution < 1.29 is 0 Å². The Hall–Kier alpha value is -1.62. The van der Waals surface area contributed by atoms with Crippen molar-refractivity contribution in [3.63, 3.8) is 0 Å². The molecule has 0 spiro atoms. The Balaban J connectivity index is 2.01. The van der Waals surface area contributed by atoms with Crippen LogP contribution in [0.2, 0.25) is 0 Å². The third-order valence-corrected chi connectivity index (χ3v) is 2.97. The van der Waals surface area contributed by atoms with E-state index in [2.05, 4.69) is 27.2 Å². The van der Waals surface area contributed by atoms with Crippen molar-refractivity contribution in [3.8, 4) is 0 Å². The van der Waals surface area contributed by atoms with Crippen molar-refractivity contribution >= 4 is 11.3 Å². The quantitative estimate of drug-likeness (QED) is 0.756. The lowest BCUT2D eigenvalue weighted by Crippen LogP contribution is -2.49. The fourth-order valence-electron chi connectivity index (χ4n) is 2.21. The van der Waals surface area contributed by atoms with Crippen molar-refractivity contribution in [1.82, 2.24) is 19.9 Å². The average Bonchev–Trinajstić information content (AvgIpc) is 2.76. The first-order valence-electron chi connectivity index (χ1n) is 5.61. The van der Waals surface area contributed by atoms with Gasteiger partial charge in [-0.3, -0.25) is 0 Å². The van der Waals surface area contributed by atoms with Gasteiger partial charge < -0.3 is 10.2 Å². The van der Waals surface area contributed by atoms with Crippen LogP contribution in [0.5, 0.6) is 0 Å². The number of hydrogen-bond donors (Lipinski definition) is 1. The third kappa shape index (κ3) is 1.53.